The van der Waals surface area contributed by atoms with Crippen LogP contribution < -0.4 is 10.0 Å². The van der Waals surface area contributed by atoms with E-state index in [0.29, 0.717) is 27.4 Å². The number of oxazole rings is 1. The quantitative estimate of drug-likeness (QED) is 0.649. The van der Waals surface area contributed by atoms with Gasteiger partial charge in [-0.1, -0.05) is 11.6 Å². The van der Waals surface area contributed by atoms with Gasteiger partial charge in [-0.05, 0) is 63.6 Å². The molecule has 0 saturated heterocycles. The lowest BCUT2D eigenvalue weighted by Gasteiger charge is -2.23. The molecule has 0 saturated carbocycles. The minimum Gasteiger partial charge on any atom is -0.439 e. The average Bonchev–Trinajstić information content (AvgIpc) is 3.13. The largest absolute Gasteiger partial charge is 0.439 e. The van der Waals surface area contributed by atoms with E-state index in [0.717, 1.165) is 0 Å². The van der Waals surface area contributed by atoms with Gasteiger partial charge in [-0.3, -0.25) is 4.79 Å². The molecule has 0 bridgehead atoms. The zero-order chi connectivity index (χ0) is 21.2. The Labute approximate surface area is 173 Å². The number of sulfonamides is 1. The molecule has 1 aromatic heterocycles. The molecule has 2 heterocycles. The molecule has 1 aliphatic rings. The van der Waals surface area contributed by atoms with E-state index in [1.54, 1.807) is 52.0 Å². The Morgan fingerprint density at radius 1 is 1.17 bits per heavy atom. The van der Waals surface area contributed by atoms with Crippen molar-refractivity contribution in [2.45, 2.75) is 43.5 Å². The molecule has 4 rings (SSSR count). The Balaban J connectivity index is 1.69. The minimum absolute atomic E-state index is 0.0630. The molecular formula is C20H20ClN3O4S. The summed E-state index contributed by atoms with van der Waals surface area (Å²) in [6.07, 6.45) is 0. The second kappa shape index (κ2) is 6.29. The first-order valence-electron chi connectivity index (χ1n) is 8.97. The number of amides is 1. The van der Waals surface area contributed by atoms with Crippen molar-refractivity contribution in [2.75, 3.05) is 5.32 Å². The maximum absolute atomic E-state index is 13.1. The number of rotatable bonds is 4. The van der Waals surface area contributed by atoms with Crippen molar-refractivity contribution in [3.8, 4) is 0 Å². The van der Waals surface area contributed by atoms with Gasteiger partial charge in [-0.15, -0.1) is 0 Å². The van der Waals surface area contributed by atoms with Gasteiger partial charge in [0.1, 0.15) is 11.1 Å². The Morgan fingerprint density at radius 2 is 1.90 bits per heavy atom. The third-order valence-corrected chi connectivity index (χ3v) is 6.95. The van der Waals surface area contributed by atoms with Crippen LogP contribution in [0.5, 0.6) is 0 Å². The van der Waals surface area contributed by atoms with Crippen molar-refractivity contribution in [3.05, 3.63) is 52.9 Å². The summed E-state index contributed by atoms with van der Waals surface area (Å²) in [6.45, 7) is 6.84. The molecular weight excluding hydrogens is 414 g/mol. The van der Waals surface area contributed by atoms with Gasteiger partial charge in [0.05, 0.1) is 10.3 Å². The third-order valence-electron chi connectivity index (χ3n) is 5.07. The minimum atomic E-state index is -3.92. The highest BCUT2D eigenvalue weighted by Gasteiger charge is 2.40. The lowest BCUT2D eigenvalue weighted by atomic mass is 9.86. The number of nitrogens with one attached hydrogen (secondary N) is 2. The van der Waals surface area contributed by atoms with E-state index >= 15 is 0 Å². The first kappa shape index (κ1) is 19.9. The van der Waals surface area contributed by atoms with Crippen LogP contribution in [-0.4, -0.2) is 19.3 Å². The molecule has 0 fully saturated rings. The van der Waals surface area contributed by atoms with E-state index < -0.39 is 21.0 Å². The predicted octanol–water partition coefficient (Wildman–Crippen LogP) is 3.92. The first-order valence-corrected chi connectivity index (χ1v) is 10.8. The van der Waals surface area contributed by atoms with Crippen molar-refractivity contribution in [2.24, 2.45) is 0 Å². The molecule has 0 unspecified atom stereocenters. The molecule has 1 amide bonds. The summed E-state index contributed by atoms with van der Waals surface area (Å²) in [5.41, 5.74) is 0.390. The number of hydrogen-bond donors (Lipinski definition) is 2. The summed E-state index contributed by atoms with van der Waals surface area (Å²) in [5, 5.41) is 3.27. The molecule has 0 atom stereocenters. The van der Waals surface area contributed by atoms with Crippen LogP contribution in [-0.2, 0) is 25.8 Å². The van der Waals surface area contributed by atoms with Crippen LogP contribution in [0.15, 0.2) is 45.7 Å². The highest BCUT2D eigenvalue weighted by atomic mass is 35.5. The Morgan fingerprint density at radius 3 is 2.62 bits per heavy atom. The second-order valence-electron chi connectivity index (χ2n) is 8.15. The molecule has 0 spiro atoms. The van der Waals surface area contributed by atoms with Crippen LogP contribution in [0.25, 0.3) is 11.1 Å². The van der Waals surface area contributed by atoms with Crippen molar-refractivity contribution in [1.82, 2.24) is 9.71 Å². The fraction of sp³-hybridized carbons (Fsp3) is 0.300. The molecule has 2 N–H and O–H groups in total. The maximum atomic E-state index is 13.1. The highest BCUT2D eigenvalue weighted by Crippen LogP contribution is 2.38. The second-order valence-corrected chi connectivity index (χ2v) is 10.3. The number of carbonyl (C=O) groups excluding carboxylic acids is 1. The number of fused-ring (bicyclic) bond motifs is 2. The van der Waals surface area contributed by atoms with E-state index in [-0.39, 0.29) is 16.7 Å². The van der Waals surface area contributed by atoms with Gasteiger partial charge in [-0.25, -0.2) is 13.4 Å². The molecule has 0 radical (unpaired) electrons. The number of halogens is 1. The maximum Gasteiger partial charge on any atom is 0.241 e. The summed E-state index contributed by atoms with van der Waals surface area (Å²) in [5.74, 6) is 0.0529. The predicted molar refractivity (Wildman–Crippen MR) is 110 cm³/mol. The molecule has 7 nitrogen and oxygen atoms in total. The van der Waals surface area contributed by atoms with E-state index in [1.807, 2.05) is 0 Å². The SMILES string of the molecule is CC(C)(NS(=O)(=O)c1ccc2c(c1)C(C)(C)C(=O)N2)c1nc2ccc(Cl)cc2o1. The zero-order valence-corrected chi connectivity index (χ0v) is 17.9. The van der Waals surface area contributed by atoms with Gasteiger partial charge in [0.25, 0.3) is 0 Å². The molecule has 1 aliphatic heterocycles. The standard InChI is InChI=1S/C20H20ClN3O4S/c1-19(2)13-10-12(6-8-14(13)22-17(19)25)29(26,27)24-20(3,4)18-23-15-7-5-11(21)9-16(15)28-18/h5-10,24H,1-4H3,(H,22,25). The van der Waals surface area contributed by atoms with E-state index in [4.69, 9.17) is 16.0 Å². The van der Waals surface area contributed by atoms with Gasteiger partial charge in [0, 0.05) is 16.8 Å². The number of aromatic nitrogens is 1. The summed E-state index contributed by atoms with van der Waals surface area (Å²) in [7, 11) is -3.92. The van der Waals surface area contributed by atoms with Crippen LogP contribution in [0.4, 0.5) is 5.69 Å². The van der Waals surface area contributed by atoms with Gasteiger partial charge in [0.15, 0.2) is 5.58 Å². The Kier molecular flexibility index (Phi) is 4.31. The van der Waals surface area contributed by atoms with Gasteiger partial charge >= 0.3 is 0 Å². The number of hydrogen-bond acceptors (Lipinski definition) is 5. The molecule has 3 aromatic rings. The van der Waals surface area contributed by atoms with Crippen molar-refractivity contribution < 1.29 is 17.6 Å². The molecule has 29 heavy (non-hydrogen) atoms. The van der Waals surface area contributed by atoms with Crippen molar-refractivity contribution in [3.63, 3.8) is 0 Å². The normalized spacial score (nSPS) is 16.1. The smallest absolute Gasteiger partial charge is 0.241 e. The van der Waals surface area contributed by atoms with Crippen LogP contribution in [0.2, 0.25) is 5.02 Å². The highest BCUT2D eigenvalue weighted by molar-refractivity contribution is 7.89. The monoisotopic (exact) mass is 433 g/mol. The van der Waals surface area contributed by atoms with Crippen LogP contribution in [0.1, 0.15) is 39.1 Å². The first-order chi connectivity index (χ1) is 13.4. The summed E-state index contributed by atoms with van der Waals surface area (Å²) < 4.78 is 34.5. The van der Waals surface area contributed by atoms with Crippen LogP contribution >= 0.6 is 11.6 Å². The van der Waals surface area contributed by atoms with E-state index in [9.17, 15) is 13.2 Å². The van der Waals surface area contributed by atoms with Crippen LogP contribution in [0.3, 0.4) is 0 Å². The molecule has 152 valence electrons. The zero-order valence-electron chi connectivity index (χ0n) is 16.3. The number of benzene rings is 2. The average molecular weight is 434 g/mol. The lowest BCUT2D eigenvalue weighted by molar-refractivity contribution is -0.119. The number of carbonyl (C=O) groups is 1. The fourth-order valence-corrected chi connectivity index (χ4v) is 4.88. The molecule has 0 aliphatic carbocycles. The van der Waals surface area contributed by atoms with Gasteiger partial charge in [-0.2, -0.15) is 4.72 Å². The van der Waals surface area contributed by atoms with Crippen LogP contribution in [0, 0.1) is 0 Å². The lowest BCUT2D eigenvalue weighted by Crippen LogP contribution is -2.41. The topological polar surface area (TPSA) is 101 Å². The number of anilines is 1. The van der Waals surface area contributed by atoms with Gasteiger partial charge < -0.3 is 9.73 Å². The molecule has 9 heteroatoms. The third kappa shape index (κ3) is 3.31. The summed E-state index contributed by atoms with van der Waals surface area (Å²) in [4.78, 5) is 16.6. The van der Waals surface area contributed by atoms with E-state index in [1.165, 1.54) is 12.1 Å². The van der Waals surface area contributed by atoms with E-state index in [2.05, 4.69) is 15.0 Å². The Bertz CT molecular complexity index is 1260. The molecule has 2 aromatic carbocycles. The van der Waals surface area contributed by atoms with Crippen molar-refractivity contribution in [1.29, 1.82) is 0 Å². The Hall–Kier alpha value is -2.42. The summed E-state index contributed by atoms with van der Waals surface area (Å²) in [6, 6.07) is 9.62. The van der Waals surface area contributed by atoms with Crippen molar-refractivity contribution >= 4 is 44.3 Å². The van der Waals surface area contributed by atoms with Gasteiger partial charge in [0.2, 0.25) is 21.8 Å². The number of nitrogens with zero attached hydrogens (tertiary/aromatic N) is 1. The summed E-state index contributed by atoms with van der Waals surface area (Å²) >= 11 is 5.98. The fourth-order valence-electron chi connectivity index (χ4n) is 3.32.